The lowest BCUT2D eigenvalue weighted by molar-refractivity contribution is -0.132. The average molecular weight is 281 g/mol. The van der Waals surface area contributed by atoms with E-state index in [2.05, 4.69) is 5.16 Å². The van der Waals surface area contributed by atoms with E-state index in [4.69, 9.17) is 9.26 Å². The predicted molar refractivity (Wildman–Crippen MR) is 70.1 cm³/mol. The second kappa shape index (κ2) is 6.40. The van der Waals surface area contributed by atoms with Gasteiger partial charge in [-0.25, -0.2) is 4.79 Å². The highest BCUT2D eigenvalue weighted by Gasteiger charge is 2.25. The molecule has 1 aliphatic rings. The van der Waals surface area contributed by atoms with E-state index in [1.807, 2.05) is 0 Å². The van der Waals surface area contributed by atoms with Gasteiger partial charge in [-0.05, 0) is 13.8 Å². The van der Waals surface area contributed by atoms with Gasteiger partial charge in [0, 0.05) is 32.2 Å². The third kappa shape index (κ3) is 3.49. The Labute approximate surface area is 117 Å². The Balaban J connectivity index is 1.81. The van der Waals surface area contributed by atoms with Crippen LogP contribution in [0, 0.1) is 6.92 Å². The van der Waals surface area contributed by atoms with Crippen LogP contribution in [0.15, 0.2) is 10.6 Å². The average Bonchev–Trinajstić information content (AvgIpc) is 2.84. The van der Waals surface area contributed by atoms with Crippen molar-refractivity contribution in [1.82, 2.24) is 15.0 Å². The normalized spacial score (nSPS) is 15.3. The third-order valence-electron chi connectivity index (χ3n) is 3.17. The fourth-order valence-electron chi connectivity index (χ4n) is 2.12. The van der Waals surface area contributed by atoms with Crippen LogP contribution in [0.3, 0.4) is 0 Å². The van der Waals surface area contributed by atoms with E-state index in [1.165, 1.54) is 0 Å². The fourth-order valence-corrected chi connectivity index (χ4v) is 2.12. The summed E-state index contributed by atoms with van der Waals surface area (Å²) >= 11 is 0. The van der Waals surface area contributed by atoms with Crippen LogP contribution in [-0.4, -0.2) is 59.7 Å². The summed E-state index contributed by atoms with van der Waals surface area (Å²) in [6.07, 6.45) is -0.0803. The Morgan fingerprint density at radius 2 is 1.95 bits per heavy atom. The highest BCUT2D eigenvalue weighted by molar-refractivity contribution is 5.78. The quantitative estimate of drug-likeness (QED) is 0.820. The molecule has 1 saturated heterocycles. The summed E-state index contributed by atoms with van der Waals surface area (Å²) in [5.41, 5.74) is 0.639. The molecule has 1 aliphatic heterocycles. The van der Waals surface area contributed by atoms with Gasteiger partial charge in [-0.1, -0.05) is 5.16 Å². The highest BCUT2D eigenvalue weighted by atomic mass is 16.6. The predicted octanol–water partition coefficient (Wildman–Crippen LogP) is 0.826. The standard InChI is InChI=1S/C13H19N3O4/c1-3-19-13(18)16-6-4-15(5-7-16)12(17)9-11-8-10(2)20-14-11/h8H,3-7,9H2,1-2H3. The van der Waals surface area contributed by atoms with Crippen molar-refractivity contribution in [3.63, 3.8) is 0 Å². The number of amides is 2. The van der Waals surface area contributed by atoms with Crippen LogP contribution in [0.1, 0.15) is 18.4 Å². The monoisotopic (exact) mass is 281 g/mol. The largest absolute Gasteiger partial charge is 0.450 e. The molecule has 0 unspecified atom stereocenters. The van der Waals surface area contributed by atoms with Gasteiger partial charge in [0.15, 0.2) is 0 Å². The van der Waals surface area contributed by atoms with Gasteiger partial charge in [-0.15, -0.1) is 0 Å². The third-order valence-corrected chi connectivity index (χ3v) is 3.17. The smallest absolute Gasteiger partial charge is 0.409 e. The zero-order valence-electron chi connectivity index (χ0n) is 11.8. The summed E-state index contributed by atoms with van der Waals surface area (Å²) in [5.74, 6) is 0.696. The van der Waals surface area contributed by atoms with Crippen molar-refractivity contribution in [2.45, 2.75) is 20.3 Å². The summed E-state index contributed by atoms with van der Waals surface area (Å²) in [6.45, 7) is 5.98. The van der Waals surface area contributed by atoms with Gasteiger partial charge >= 0.3 is 6.09 Å². The molecule has 110 valence electrons. The Kier molecular flexibility index (Phi) is 4.60. The Morgan fingerprint density at radius 1 is 1.30 bits per heavy atom. The van der Waals surface area contributed by atoms with Crippen molar-refractivity contribution in [3.8, 4) is 0 Å². The van der Waals surface area contributed by atoms with Gasteiger partial charge in [0.25, 0.3) is 0 Å². The Morgan fingerprint density at radius 3 is 2.50 bits per heavy atom. The molecule has 0 aromatic carbocycles. The molecule has 20 heavy (non-hydrogen) atoms. The molecular formula is C13H19N3O4. The maximum Gasteiger partial charge on any atom is 0.409 e. The molecule has 0 atom stereocenters. The van der Waals surface area contributed by atoms with Crippen LogP contribution in [0.25, 0.3) is 0 Å². The molecule has 2 amide bonds. The molecule has 7 nitrogen and oxygen atoms in total. The topological polar surface area (TPSA) is 75.9 Å². The molecule has 1 aromatic heterocycles. The molecule has 0 N–H and O–H groups in total. The summed E-state index contributed by atoms with van der Waals surface area (Å²) < 4.78 is 9.87. The molecule has 1 fully saturated rings. The number of hydrogen-bond acceptors (Lipinski definition) is 5. The minimum Gasteiger partial charge on any atom is -0.450 e. The number of piperazine rings is 1. The molecule has 1 aromatic rings. The first-order valence-corrected chi connectivity index (χ1v) is 6.72. The second-order valence-electron chi connectivity index (χ2n) is 4.67. The van der Waals surface area contributed by atoms with Crippen LogP contribution in [-0.2, 0) is 16.0 Å². The van der Waals surface area contributed by atoms with Crippen molar-refractivity contribution in [1.29, 1.82) is 0 Å². The molecule has 0 aliphatic carbocycles. The maximum atomic E-state index is 12.1. The van der Waals surface area contributed by atoms with E-state index in [9.17, 15) is 9.59 Å². The molecule has 7 heteroatoms. The van der Waals surface area contributed by atoms with Gasteiger partial charge in [-0.3, -0.25) is 4.79 Å². The van der Waals surface area contributed by atoms with Crippen molar-refractivity contribution in [2.75, 3.05) is 32.8 Å². The zero-order valence-corrected chi connectivity index (χ0v) is 11.8. The second-order valence-corrected chi connectivity index (χ2v) is 4.67. The van der Waals surface area contributed by atoms with Crippen molar-refractivity contribution < 1.29 is 18.8 Å². The van der Waals surface area contributed by atoms with E-state index in [0.29, 0.717) is 44.2 Å². The van der Waals surface area contributed by atoms with Crippen LogP contribution < -0.4 is 0 Å². The number of carbonyl (C=O) groups excluding carboxylic acids is 2. The molecule has 2 heterocycles. The first-order chi connectivity index (χ1) is 9.60. The molecular weight excluding hydrogens is 262 g/mol. The Bertz CT molecular complexity index is 478. The van der Waals surface area contributed by atoms with Crippen LogP contribution in [0.2, 0.25) is 0 Å². The van der Waals surface area contributed by atoms with Gasteiger partial charge in [-0.2, -0.15) is 0 Å². The van der Waals surface area contributed by atoms with Crippen molar-refractivity contribution in [3.05, 3.63) is 17.5 Å². The Hall–Kier alpha value is -2.05. The first kappa shape index (κ1) is 14.4. The number of rotatable bonds is 3. The minimum atomic E-state index is -0.313. The zero-order chi connectivity index (χ0) is 14.5. The van der Waals surface area contributed by atoms with Crippen LogP contribution in [0.4, 0.5) is 4.79 Å². The summed E-state index contributed by atoms with van der Waals surface area (Å²) in [5, 5.41) is 3.81. The van der Waals surface area contributed by atoms with Gasteiger partial charge in [0.05, 0.1) is 18.7 Å². The van der Waals surface area contributed by atoms with Gasteiger partial charge in [0.2, 0.25) is 5.91 Å². The molecule has 0 radical (unpaired) electrons. The number of aryl methyl sites for hydroxylation is 1. The number of hydrogen-bond donors (Lipinski definition) is 0. The summed E-state index contributed by atoms with van der Waals surface area (Å²) in [4.78, 5) is 27.0. The minimum absolute atomic E-state index is 0.00167. The number of carbonyl (C=O) groups is 2. The number of aromatic nitrogens is 1. The maximum absolute atomic E-state index is 12.1. The number of ether oxygens (including phenoxy) is 1. The van der Waals surface area contributed by atoms with E-state index >= 15 is 0 Å². The van der Waals surface area contributed by atoms with Crippen molar-refractivity contribution in [2.24, 2.45) is 0 Å². The molecule has 0 bridgehead atoms. The van der Waals surface area contributed by atoms with E-state index in [-0.39, 0.29) is 18.4 Å². The van der Waals surface area contributed by atoms with Crippen LogP contribution in [0.5, 0.6) is 0 Å². The highest BCUT2D eigenvalue weighted by Crippen LogP contribution is 2.08. The lowest BCUT2D eigenvalue weighted by atomic mass is 10.2. The van der Waals surface area contributed by atoms with Gasteiger partial charge < -0.3 is 19.1 Å². The van der Waals surface area contributed by atoms with Crippen LogP contribution >= 0.6 is 0 Å². The summed E-state index contributed by atoms with van der Waals surface area (Å²) in [6, 6.07) is 1.76. The molecule has 0 saturated carbocycles. The summed E-state index contributed by atoms with van der Waals surface area (Å²) in [7, 11) is 0. The van der Waals surface area contributed by atoms with Crippen molar-refractivity contribution >= 4 is 12.0 Å². The lowest BCUT2D eigenvalue weighted by Gasteiger charge is -2.33. The van der Waals surface area contributed by atoms with Gasteiger partial charge in [0.1, 0.15) is 5.76 Å². The molecule has 2 rings (SSSR count). The first-order valence-electron chi connectivity index (χ1n) is 6.72. The van der Waals surface area contributed by atoms with E-state index < -0.39 is 0 Å². The van der Waals surface area contributed by atoms with E-state index in [1.54, 1.807) is 29.7 Å². The fraction of sp³-hybridized carbons (Fsp3) is 0.615. The van der Waals surface area contributed by atoms with E-state index in [0.717, 1.165) is 0 Å². The lowest BCUT2D eigenvalue weighted by Crippen LogP contribution is -2.51. The number of nitrogens with zero attached hydrogens (tertiary/aromatic N) is 3. The SMILES string of the molecule is CCOC(=O)N1CCN(C(=O)Cc2cc(C)on2)CC1. The molecule has 0 spiro atoms.